The van der Waals surface area contributed by atoms with E-state index in [0.717, 1.165) is 43.1 Å². The van der Waals surface area contributed by atoms with E-state index in [1.165, 1.54) is 0 Å². The van der Waals surface area contributed by atoms with Crippen LogP contribution in [0.4, 0.5) is 10.7 Å². The number of rotatable bonds is 5. The fourth-order valence-electron chi connectivity index (χ4n) is 2.34. The molecule has 1 aromatic rings. The van der Waals surface area contributed by atoms with Gasteiger partial charge in [0.2, 0.25) is 0 Å². The molecule has 0 amide bonds. The minimum atomic E-state index is -3.74. The number of sulfonamides is 1. The standard InChI is InChI=1S/C11H17N3O4S3/c1-19-8-4-2-7(3-5-8)13-21(17,18)10-6-9(14(15)16)11(12)20-10/h6-8,13H,2-5,12H2,1H3. The maximum Gasteiger partial charge on any atom is 0.304 e. The molecule has 21 heavy (non-hydrogen) atoms. The molecule has 1 aromatic heterocycles. The van der Waals surface area contributed by atoms with Gasteiger partial charge >= 0.3 is 5.69 Å². The summed E-state index contributed by atoms with van der Waals surface area (Å²) in [5.41, 5.74) is 5.14. The first-order valence-corrected chi connectivity index (χ1v) is 10.0. The molecule has 0 spiro atoms. The van der Waals surface area contributed by atoms with Gasteiger partial charge in [-0.05, 0) is 31.9 Å². The molecule has 7 nitrogen and oxygen atoms in total. The van der Waals surface area contributed by atoms with Crippen LogP contribution < -0.4 is 10.5 Å². The van der Waals surface area contributed by atoms with E-state index in [2.05, 4.69) is 11.0 Å². The Balaban J connectivity index is 2.09. The molecule has 3 N–H and O–H groups in total. The molecule has 0 radical (unpaired) electrons. The molecule has 118 valence electrons. The van der Waals surface area contributed by atoms with Crippen LogP contribution in [0.5, 0.6) is 0 Å². The number of nitro groups is 1. The highest BCUT2D eigenvalue weighted by Crippen LogP contribution is 2.35. The van der Waals surface area contributed by atoms with E-state index in [1.54, 1.807) is 11.8 Å². The van der Waals surface area contributed by atoms with E-state index in [1.807, 2.05) is 0 Å². The second-order valence-electron chi connectivity index (χ2n) is 4.90. The van der Waals surface area contributed by atoms with Crippen LogP contribution in [0.1, 0.15) is 25.7 Å². The number of nitrogens with one attached hydrogen (secondary N) is 1. The molecule has 0 bridgehead atoms. The quantitative estimate of drug-likeness (QED) is 0.620. The normalized spacial score (nSPS) is 23.1. The Hall–Kier alpha value is -0.840. The van der Waals surface area contributed by atoms with Crippen molar-refractivity contribution in [2.45, 2.75) is 41.2 Å². The van der Waals surface area contributed by atoms with Gasteiger partial charge in [0.25, 0.3) is 10.0 Å². The van der Waals surface area contributed by atoms with Crippen molar-refractivity contribution in [1.82, 2.24) is 4.72 Å². The van der Waals surface area contributed by atoms with Gasteiger partial charge in [0.15, 0.2) is 5.00 Å². The monoisotopic (exact) mass is 351 g/mol. The number of hydrogen-bond acceptors (Lipinski definition) is 7. The van der Waals surface area contributed by atoms with Gasteiger partial charge in [0, 0.05) is 17.4 Å². The largest absolute Gasteiger partial charge is 0.385 e. The predicted molar refractivity (Wildman–Crippen MR) is 85.3 cm³/mol. The summed E-state index contributed by atoms with van der Waals surface area (Å²) in [5, 5.41) is 11.2. The van der Waals surface area contributed by atoms with Gasteiger partial charge in [-0.25, -0.2) is 13.1 Å². The molecular weight excluding hydrogens is 334 g/mol. The fourth-order valence-corrected chi connectivity index (χ4v) is 5.62. The lowest BCUT2D eigenvalue weighted by atomic mass is 9.96. The van der Waals surface area contributed by atoms with Crippen molar-refractivity contribution in [1.29, 1.82) is 0 Å². The Morgan fingerprint density at radius 3 is 2.52 bits per heavy atom. The van der Waals surface area contributed by atoms with Gasteiger partial charge < -0.3 is 5.73 Å². The Labute approximate surface area is 131 Å². The van der Waals surface area contributed by atoms with Crippen LogP contribution in [0, 0.1) is 10.1 Å². The minimum absolute atomic E-state index is 0.0912. The number of nitrogen functional groups attached to an aromatic ring is 1. The molecular formula is C11H17N3O4S3. The molecule has 0 aliphatic heterocycles. The lowest BCUT2D eigenvalue weighted by molar-refractivity contribution is -0.383. The summed E-state index contributed by atoms with van der Waals surface area (Å²) < 4.78 is 27.0. The van der Waals surface area contributed by atoms with Crippen molar-refractivity contribution in [2.75, 3.05) is 12.0 Å². The summed E-state index contributed by atoms with van der Waals surface area (Å²) in [5.74, 6) is 0. The predicted octanol–water partition coefficient (Wildman–Crippen LogP) is 2.19. The van der Waals surface area contributed by atoms with Gasteiger partial charge in [-0.15, -0.1) is 0 Å². The van der Waals surface area contributed by atoms with E-state index in [9.17, 15) is 18.5 Å². The summed E-state index contributed by atoms with van der Waals surface area (Å²) in [4.78, 5) is 10.1. The van der Waals surface area contributed by atoms with E-state index in [0.29, 0.717) is 5.25 Å². The second kappa shape index (κ2) is 6.51. The highest BCUT2D eigenvalue weighted by molar-refractivity contribution is 7.99. The Morgan fingerprint density at radius 2 is 2.05 bits per heavy atom. The first-order valence-electron chi connectivity index (χ1n) is 6.42. The average molecular weight is 351 g/mol. The second-order valence-corrected chi connectivity index (χ2v) is 9.07. The number of hydrogen-bond donors (Lipinski definition) is 2. The molecule has 2 rings (SSSR count). The summed E-state index contributed by atoms with van der Waals surface area (Å²) in [6.45, 7) is 0. The molecule has 1 aliphatic rings. The van der Waals surface area contributed by atoms with Crippen molar-refractivity contribution < 1.29 is 13.3 Å². The van der Waals surface area contributed by atoms with Crippen LogP contribution in [-0.2, 0) is 10.0 Å². The van der Waals surface area contributed by atoms with Gasteiger partial charge in [0.1, 0.15) is 4.21 Å². The van der Waals surface area contributed by atoms with Crippen LogP contribution >= 0.6 is 23.1 Å². The summed E-state index contributed by atoms with van der Waals surface area (Å²) in [6.07, 6.45) is 5.58. The number of thioether (sulfide) groups is 1. The third-order valence-corrected chi connectivity index (χ3v) is 7.59. The molecule has 0 atom stereocenters. The third kappa shape index (κ3) is 3.87. The molecule has 1 fully saturated rings. The SMILES string of the molecule is CSC1CCC(NS(=O)(=O)c2cc([N+](=O)[O-])c(N)s2)CC1. The van der Waals surface area contributed by atoms with Crippen molar-refractivity contribution in [3.8, 4) is 0 Å². The lowest BCUT2D eigenvalue weighted by Gasteiger charge is -2.27. The van der Waals surface area contributed by atoms with Gasteiger partial charge in [0.05, 0.1) is 4.92 Å². The first kappa shape index (κ1) is 16.5. The van der Waals surface area contributed by atoms with E-state index < -0.39 is 14.9 Å². The molecule has 0 saturated heterocycles. The van der Waals surface area contributed by atoms with E-state index in [-0.39, 0.29) is 20.9 Å². The minimum Gasteiger partial charge on any atom is -0.385 e. The van der Waals surface area contributed by atoms with E-state index in [4.69, 9.17) is 5.73 Å². The van der Waals surface area contributed by atoms with Crippen molar-refractivity contribution >= 4 is 43.8 Å². The number of nitrogens with two attached hydrogens (primary N) is 1. The van der Waals surface area contributed by atoms with Crippen LogP contribution in [-0.4, -0.2) is 30.9 Å². The molecule has 10 heteroatoms. The summed E-state index contributed by atoms with van der Waals surface area (Å²) in [6, 6.07) is 0.913. The number of nitrogens with zero attached hydrogens (tertiary/aromatic N) is 1. The van der Waals surface area contributed by atoms with Crippen LogP contribution in [0.3, 0.4) is 0 Å². The topological polar surface area (TPSA) is 115 Å². The molecule has 1 aliphatic carbocycles. The zero-order valence-corrected chi connectivity index (χ0v) is 13.9. The fraction of sp³-hybridized carbons (Fsp3) is 0.636. The highest BCUT2D eigenvalue weighted by Gasteiger charge is 2.29. The zero-order chi connectivity index (χ0) is 15.6. The van der Waals surface area contributed by atoms with Gasteiger partial charge in [-0.3, -0.25) is 10.1 Å². The maximum absolute atomic E-state index is 12.3. The summed E-state index contributed by atoms with van der Waals surface area (Å²) in [7, 11) is -3.74. The van der Waals surface area contributed by atoms with Crippen LogP contribution in [0.15, 0.2) is 10.3 Å². The van der Waals surface area contributed by atoms with Crippen molar-refractivity contribution in [3.63, 3.8) is 0 Å². The number of anilines is 1. The number of thiophene rings is 1. The molecule has 0 unspecified atom stereocenters. The Kier molecular flexibility index (Phi) is 5.12. The Bertz CT molecular complexity index is 621. The molecule has 1 saturated carbocycles. The Morgan fingerprint density at radius 1 is 1.43 bits per heavy atom. The smallest absolute Gasteiger partial charge is 0.304 e. The van der Waals surface area contributed by atoms with Crippen LogP contribution in [0.25, 0.3) is 0 Å². The first-order chi connectivity index (χ1) is 9.83. The molecule has 0 aromatic carbocycles. The third-order valence-electron chi connectivity index (χ3n) is 3.51. The van der Waals surface area contributed by atoms with Crippen LogP contribution in [0.2, 0.25) is 0 Å². The maximum atomic E-state index is 12.3. The lowest BCUT2D eigenvalue weighted by Crippen LogP contribution is -2.37. The van der Waals surface area contributed by atoms with Crippen molar-refractivity contribution in [3.05, 3.63) is 16.2 Å². The summed E-state index contributed by atoms with van der Waals surface area (Å²) >= 11 is 2.53. The van der Waals surface area contributed by atoms with Gasteiger partial charge in [-0.1, -0.05) is 11.3 Å². The zero-order valence-electron chi connectivity index (χ0n) is 11.4. The van der Waals surface area contributed by atoms with E-state index >= 15 is 0 Å². The molecule has 1 heterocycles. The van der Waals surface area contributed by atoms with Gasteiger partial charge in [-0.2, -0.15) is 11.8 Å². The average Bonchev–Trinajstić information content (AvgIpc) is 2.82. The van der Waals surface area contributed by atoms with Crippen molar-refractivity contribution in [2.24, 2.45) is 0 Å². The highest BCUT2D eigenvalue weighted by atomic mass is 32.2.